The van der Waals surface area contributed by atoms with Gasteiger partial charge in [-0.1, -0.05) is 65.7 Å². The molecular weight excluding hydrogens is 300 g/mol. The van der Waals surface area contributed by atoms with E-state index >= 15 is 0 Å². The summed E-state index contributed by atoms with van der Waals surface area (Å²) in [7, 11) is 0. The number of halogens is 1. The Morgan fingerprint density at radius 2 is 1.63 bits per heavy atom. The van der Waals surface area contributed by atoms with Gasteiger partial charge in [0, 0.05) is 11.6 Å². The largest absolute Gasteiger partial charge is 0.347 e. The van der Waals surface area contributed by atoms with Crippen molar-refractivity contribution in [1.82, 2.24) is 9.97 Å². The van der Waals surface area contributed by atoms with Crippen LogP contribution in [-0.2, 0) is 5.41 Å². The van der Waals surface area contributed by atoms with Gasteiger partial charge >= 0.3 is 0 Å². The summed E-state index contributed by atoms with van der Waals surface area (Å²) in [5.41, 5.74) is 0.217. The maximum absolute atomic E-state index is 4.62. The van der Waals surface area contributed by atoms with Crippen LogP contribution in [0.3, 0.4) is 0 Å². The number of hydrogen-bond acceptors (Lipinski definition) is 1. The smallest absolute Gasteiger partial charge is 0.124 e. The summed E-state index contributed by atoms with van der Waals surface area (Å²) < 4.78 is 0.928. The molecule has 1 aromatic rings. The predicted octanol–water partition coefficient (Wildman–Crippen LogP) is 5.98. The van der Waals surface area contributed by atoms with Gasteiger partial charge in [0.15, 0.2) is 0 Å². The third-order valence-electron chi connectivity index (χ3n) is 4.03. The van der Waals surface area contributed by atoms with E-state index in [0.717, 1.165) is 10.4 Å². The van der Waals surface area contributed by atoms with Gasteiger partial charge in [0.2, 0.25) is 0 Å². The number of imidazole rings is 1. The van der Waals surface area contributed by atoms with E-state index in [1.165, 1.54) is 57.8 Å². The topological polar surface area (TPSA) is 28.7 Å². The Balaban J connectivity index is 2.60. The van der Waals surface area contributed by atoms with Crippen molar-refractivity contribution >= 4 is 15.9 Å². The lowest BCUT2D eigenvalue weighted by molar-refractivity contribution is 0.349. The Morgan fingerprint density at radius 3 is 2.16 bits per heavy atom. The summed E-state index contributed by atoms with van der Waals surface area (Å²) in [6.45, 7) is 6.91. The fourth-order valence-corrected chi connectivity index (χ4v) is 2.97. The van der Waals surface area contributed by atoms with Gasteiger partial charge < -0.3 is 4.98 Å². The van der Waals surface area contributed by atoms with Crippen molar-refractivity contribution in [3.05, 3.63) is 16.6 Å². The molecule has 110 valence electrons. The average Bonchev–Trinajstić information content (AvgIpc) is 2.82. The number of unbranched alkanes of at least 4 members (excludes halogenated alkanes) is 5. The van der Waals surface area contributed by atoms with E-state index < -0.39 is 0 Å². The van der Waals surface area contributed by atoms with Crippen LogP contribution in [0, 0.1) is 0 Å². The predicted molar refractivity (Wildman–Crippen MR) is 86.5 cm³/mol. The third-order valence-corrected chi connectivity index (χ3v) is 4.44. The number of H-pyrrole nitrogens is 1. The Hall–Kier alpha value is -0.310. The molecule has 3 heteroatoms. The van der Waals surface area contributed by atoms with Crippen molar-refractivity contribution in [3.63, 3.8) is 0 Å². The third kappa shape index (κ3) is 5.68. The number of nitrogens with one attached hydrogen (secondary N) is 1. The second kappa shape index (κ2) is 8.78. The van der Waals surface area contributed by atoms with Crippen molar-refractivity contribution in [3.8, 4) is 0 Å². The van der Waals surface area contributed by atoms with Crippen LogP contribution in [0.2, 0.25) is 0 Å². The van der Waals surface area contributed by atoms with Gasteiger partial charge in [-0.3, -0.25) is 0 Å². The summed E-state index contributed by atoms with van der Waals surface area (Å²) in [5, 5.41) is 0. The molecule has 0 saturated heterocycles. The Labute approximate surface area is 126 Å². The molecule has 0 radical (unpaired) electrons. The van der Waals surface area contributed by atoms with Crippen LogP contribution in [0.15, 0.2) is 10.8 Å². The first-order valence-electron chi connectivity index (χ1n) is 7.83. The van der Waals surface area contributed by atoms with Crippen molar-refractivity contribution in [2.24, 2.45) is 0 Å². The molecule has 2 nitrogen and oxygen atoms in total. The summed E-state index contributed by atoms with van der Waals surface area (Å²) in [5.74, 6) is 1.16. The Kier molecular flexibility index (Phi) is 7.74. The maximum atomic E-state index is 4.62. The van der Waals surface area contributed by atoms with E-state index in [-0.39, 0.29) is 5.41 Å². The first-order chi connectivity index (χ1) is 9.12. The number of aromatic amines is 1. The molecule has 0 aliphatic heterocycles. The molecule has 0 amide bonds. The highest BCUT2D eigenvalue weighted by molar-refractivity contribution is 9.10. The van der Waals surface area contributed by atoms with Crippen LogP contribution in [0.25, 0.3) is 0 Å². The zero-order valence-corrected chi connectivity index (χ0v) is 14.4. The molecule has 0 aromatic carbocycles. The van der Waals surface area contributed by atoms with Crippen molar-refractivity contribution < 1.29 is 0 Å². The summed E-state index contributed by atoms with van der Waals surface area (Å²) in [4.78, 5) is 7.98. The van der Waals surface area contributed by atoms with Gasteiger partial charge in [-0.2, -0.15) is 0 Å². The monoisotopic (exact) mass is 328 g/mol. The van der Waals surface area contributed by atoms with Gasteiger partial charge in [0.1, 0.15) is 10.4 Å². The molecule has 0 bridgehead atoms. The first-order valence-corrected chi connectivity index (χ1v) is 8.63. The quantitative estimate of drug-likeness (QED) is 0.526. The Bertz CT molecular complexity index is 348. The molecule has 1 N–H and O–H groups in total. The molecule has 0 aliphatic rings. The maximum Gasteiger partial charge on any atom is 0.124 e. The lowest BCUT2D eigenvalue weighted by Crippen LogP contribution is -2.23. The van der Waals surface area contributed by atoms with E-state index in [1.54, 1.807) is 0 Å². The number of hydrogen-bond donors (Lipinski definition) is 1. The molecule has 1 rings (SSSR count). The standard InChI is InChI=1S/C16H29BrN2/c1-4-6-8-10-12-16(3,11-9-7-5-2)15-18-13-14(17)19-15/h13H,4-12H2,1-3H3,(H,18,19). The highest BCUT2D eigenvalue weighted by atomic mass is 79.9. The summed E-state index contributed by atoms with van der Waals surface area (Å²) >= 11 is 3.46. The van der Waals surface area contributed by atoms with Crippen LogP contribution in [0.1, 0.15) is 84.4 Å². The zero-order chi connectivity index (χ0) is 14.1. The number of aromatic nitrogens is 2. The molecule has 0 saturated carbocycles. The van der Waals surface area contributed by atoms with Gasteiger partial charge in [-0.15, -0.1) is 0 Å². The minimum absolute atomic E-state index is 0.217. The lowest BCUT2D eigenvalue weighted by atomic mass is 9.79. The highest BCUT2D eigenvalue weighted by Gasteiger charge is 2.28. The lowest BCUT2D eigenvalue weighted by Gasteiger charge is -2.27. The van der Waals surface area contributed by atoms with Crippen LogP contribution in [0.4, 0.5) is 0 Å². The minimum Gasteiger partial charge on any atom is -0.347 e. The summed E-state index contributed by atoms with van der Waals surface area (Å²) in [6.07, 6.45) is 13.7. The van der Waals surface area contributed by atoms with Crippen LogP contribution < -0.4 is 0 Å². The Morgan fingerprint density at radius 1 is 1.05 bits per heavy atom. The molecule has 0 fully saturated rings. The molecule has 19 heavy (non-hydrogen) atoms. The fraction of sp³-hybridized carbons (Fsp3) is 0.812. The number of rotatable bonds is 10. The molecule has 1 unspecified atom stereocenters. The average molecular weight is 329 g/mol. The van der Waals surface area contributed by atoms with Gasteiger partial charge in [0.05, 0.1) is 0 Å². The van der Waals surface area contributed by atoms with Crippen molar-refractivity contribution in [2.75, 3.05) is 0 Å². The highest BCUT2D eigenvalue weighted by Crippen LogP contribution is 2.34. The molecular formula is C16H29BrN2. The van der Waals surface area contributed by atoms with E-state index in [1.807, 2.05) is 6.20 Å². The summed E-state index contributed by atoms with van der Waals surface area (Å²) in [6, 6.07) is 0. The number of nitrogens with zero attached hydrogens (tertiary/aromatic N) is 1. The van der Waals surface area contributed by atoms with Crippen LogP contribution in [0.5, 0.6) is 0 Å². The SMILES string of the molecule is CCCCCCC(C)(CCCCC)c1nc(Br)c[nH]1. The zero-order valence-electron chi connectivity index (χ0n) is 12.8. The van der Waals surface area contributed by atoms with E-state index in [9.17, 15) is 0 Å². The van der Waals surface area contributed by atoms with Crippen LogP contribution >= 0.6 is 15.9 Å². The molecule has 0 aliphatic carbocycles. The first kappa shape index (κ1) is 16.7. The van der Waals surface area contributed by atoms with E-state index in [0.29, 0.717) is 0 Å². The van der Waals surface area contributed by atoms with Crippen molar-refractivity contribution in [2.45, 2.75) is 84.0 Å². The van der Waals surface area contributed by atoms with E-state index in [2.05, 4.69) is 46.7 Å². The van der Waals surface area contributed by atoms with Gasteiger partial charge in [0.25, 0.3) is 0 Å². The van der Waals surface area contributed by atoms with Crippen molar-refractivity contribution in [1.29, 1.82) is 0 Å². The molecule has 1 heterocycles. The fourth-order valence-electron chi connectivity index (χ4n) is 2.68. The van der Waals surface area contributed by atoms with Gasteiger partial charge in [-0.25, -0.2) is 4.98 Å². The normalized spacial score (nSPS) is 14.5. The second-order valence-electron chi connectivity index (χ2n) is 5.90. The second-order valence-corrected chi connectivity index (χ2v) is 6.71. The molecule has 1 atom stereocenters. The molecule has 1 aromatic heterocycles. The van der Waals surface area contributed by atoms with E-state index in [4.69, 9.17) is 0 Å². The van der Waals surface area contributed by atoms with Crippen LogP contribution in [-0.4, -0.2) is 9.97 Å². The minimum atomic E-state index is 0.217. The molecule has 0 spiro atoms. The van der Waals surface area contributed by atoms with Gasteiger partial charge in [-0.05, 0) is 28.8 Å².